The van der Waals surface area contributed by atoms with E-state index in [4.69, 9.17) is 0 Å². The molecule has 1 aromatic carbocycles. The van der Waals surface area contributed by atoms with Crippen molar-refractivity contribution >= 4 is 29.0 Å². The number of benzene rings is 1. The number of rotatable bonds is 5. The van der Waals surface area contributed by atoms with Crippen molar-refractivity contribution in [3.63, 3.8) is 0 Å². The van der Waals surface area contributed by atoms with E-state index in [-0.39, 0.29) is 28.3 Å². The van der Waals surface area contributed by atoms with Gasteiger partial charge in [0.2, 0.25) is 5.82 Å². The summed E-state index contributed by atoms with van der Waals surface area (Å²) in [5.41, 5.74) is 4.93. The van der Waals surface area contributed by atoms with Gasteiger partial charge in [0.15, 0.2) is 11.3 Å². The first-order valence-electron chi connectivity index (χ1n) is 15.1. The summed E-state index contributed by atoms with van der Waals surface area (Å²) >= 11 is 0. The number of aromatic carboxylic acids is 1. The molecule has 10 heteroatoms. The van der Waals surface area contributed by atoms with Crippen LogP contribution < -0.4 is 9.80 Å². The lowest BCUT2D eigenvalue weighted by molar-refractivity contribution is 0.0688. The van der Waals surface area contributed by atoms with Gasteiger partial charge in [0, 0.05) is 50.1 Å². The summed E-state index contributed by atoms with van der Waals surface area (Å²) in [5, 5.41) is 14.2. The summed E-state index contributed by atoms with van der Waals surface area (Å²) < 4.78 is 1.77. The fourth-order valence-corrected chi connectivity index (χ4v) is 7.28. The second-order valence-electron chi connectivity index (χ2n) is 13.0. The van der Waals surface area contributed by atoms with Crippen molar-refractivity contribution in [1.29, 1.82) is 0 Å². The second kappa shape index (κ2) is 10.1. The van der Waals surface area contributed by atoms with Gasteiger partial charge in [-0.3, -0.25) is 4.79 Å². The van der Waals surface area contributed by atoms with Crippen LogP contribution >= 0.6 is 0 Å². The summed E-state index contributed by atoms with van der Waals surface area (Å²) in [7, 11) is 0. The Morgan fingerprint density at radius 3 is 2.42 bits per heavy atom. The van der Waals surface area contributed by atoms with Crippen LogP contribution in [0.15, 0.2) is 54.7 Å². The number of aryl methyl sites for hydroxylation is 2. The summed E-state index contributed by atoms with van der Waals surface area (Å²) in [6.07, 6.45) is 4.89. The van der Waals surface area contributed by atoms with E-state index in [0.29, 0.717) is 30.1 Å². The number of nitrogens with zero attached hydrogens (tertiary/aromatic N) is 7. The lowest BCUT2D eigenvalue weighted by atomic mass is 9.82. The average molecular weight is 580 g/mol. The molecule has 43 heavy (non-hydrogen) atoms. The van der Waals surface area contributed by atoms with Crippen LogP contribution in [0.4, 0.5) is 11.5 Å². The molecule has 0 bridgehead atoms. The number of carbonyl (C=O) groups is 2. The molecular formula is C33H37N7O3. The molecule has 10 nitrogen and oxygen atoms in total. The Morgan fingerprint density at radius 1 is 0.860 bits per heavy atom. The molecule has 3 aliphatic heterocycles. The molecule has 3 fully saturated rings. The third-order valence-corrected chi connectivity index (χ3v) is 9.88. The maximum atomic E-state index is 13.6. The summed E-state index contributed by atoms with van der Waals surface area (Å²) in [6.45, 7) is 10.8. The molecule has 1 unspecified atom stereocenters. The molecule has 0 radical (unpaired) electrons. The molecule has 3 aromatic heterocycles. The first kappa shape index (κ1) is 27.4. The van der Waals surface area contributed by atoms with E-state index in [9.17, 15) is 14.7 Å². The highest BCUT2D eigenvalue weighted by Gasteiger charge is 2.46. The molecule has 7 rings (SSSR count). The Labute approximate surface area is 251 Å². The highest BCUT2D eigenvalue weighted by Crippen LogP contribution is 2.41. The number of hydrogen-bond acceptors (Lipinski definition) is 7. The minimum absolute atomic E-state index is 0.0466. The van der Waals surface area contributed by atoms with Gasteiger partial charge in [-0.05, 0) is 61.9 Å². The molecule has 6 heterocycles. The van der Waals surface area contributed by atoms with Crippen LogP contribution in [0.25, 0.3) is 5.65 Å². The van der Waals surface area contributed by atoms with Crippen LogP contribution in [-0.2, 0) is 5.41 Å². The average Bonchev–Trinajstić information content (AvgIpc) is 3.80. The minimum Gasteiger partial charge on any atom is -0.477 e. The highest BCUT2D eigenvalue weighted by atomic mass is 16.4. The zero-order valence-corrected chi connectivity index (χ0v) is 25.0. The van der Waals surface area contributed by atoms with Crippen LogP contribution in [0.2, 0.25) is 0 Å². The van der Waals surface area contributed by atoms with Crippen molar-refractivity contribution < 1.29 is 14.7 Å². The Balaban J connectivity index is 1.06. The van der Waals surface area contributed by atoms with Crippen molar-refractivity contribution in [2.24, 2.45) is 5.41 Å². The maximum Gasteiger partial charge on any atom is 0.354 e. The van der Waals surface area contributed by atoms with E-state index in [2.05, 4.69) is 68.2 Å². The number of anilines is 2. The number of pyridine rings is 2. The van der Waals surface area contributed by atoms with Crippen molar-refractivity contribution in [3.05, 3.63) is 82.9 Å². The van der Waals surface area contributed by atoms with E-state index in [1.54, 1.807) is 11.4 Å². The molecule has 0 saturated carbocycles. The number of carboxylic acids is 1. The van der Waals surface area contributed by atoms with E-state index in [0.717, 1.165) is 56.7 Å². The van der Waals surface area contributed by atoms with Gasteiger partial charge in [-0.15, -0.1) is 5.10 Å². The molecule has 1 N–H and O–H groups in total. The molecule has 1 spiro atoms. The third-order valence-electron chi connectivity index (χ3n) is 9.88. The zero-order valence-electron chi connectivity index (χ0n) is 25.0. The predicted molar refractivity (Wildman–Crippen MR) is 164 cm³/mol. The van der Waals surface area contributed by atoms with Gasteiger partial charge in [0.05, 0.1) is 11.9 Å². The molecule has 4 aromatic rings. The van der Waals surface area contributed by atoms with Gasteiger partial charge >= 0.3 is 5.97 Å². The van der Waals surface area contributed by atoms with Crippen LogP contribution in [0.3, 0.4) is 0 Å². The van der Waals surface area contributed by atoms with E-state index in [1.165, 1.54) is 5.56 Å². The Kier molecular flexibility index (Phi) is 6.41. The lowest BCUT2D eigenvalue weighted by Crippen LogP contribution is -2.34. The lowest BCUT2D eigenvalue weighted by Gasteiger charge is -2.26. The monoisotopic (exact) mass is 579 g/mol. The van der Waals surface area contributed by atoms with E-state index < -0.39 is 5.97 Å². The molecule has 2 atom stereocenters. The zero-order chi connectivity index (χ0) is 29.9. The standard InChI is InChI=1S/C33H37N7O3/c1-22-9-10-26(34-27(22)31(42)43)38-15-12-33(20-38)13-16-39(21-33)30(41)28-35-29-23(2)17-25(18-40(29)36-28)37-14-11-32(3,19-37)24-7-5-4-6-8-24/h4-10,17-18H,11-16,19-21H2,1-3H3,(H,42,43)/t32-,33?/m0/s1. The summed E-state index contributed by atoms with van der Waals surface area (Å²) in [6, 6.07) is 16.6. The van der Waals surface area contributed by atoms with Gasteiger partial charge in [-0.25, -0.2) is 19.3 Å². The second-order valence-corrected chi connectivity index (χ2v) is 13.0. The summed E-state index contributed by atoms with van der Waals surface area (Å²) in [4.78, 5) is 40.8. The highest BCUT2D eigenvalue weighted by molar-refractivity contribution is 5.91. The number of aromatic nitrogens is 4. The van der Waals surface area contributed by atoms with Crippen molar-refractivity contribution in [3.8, 4) is 0 Å². The molecule has 3 aliphatic rings. The van der Waals surface area contributed by atoms with Crippen molar-refractivity contribution in [1.82, 2.24) is 24.5 Å². The largest absolute Gasteiger partial charge is 0.477 e. The van der Waals surface area contributed by atoms with Crippen LogP contribution in [0, 0.1) is 19.3 Å². The van der Waals surface area contributed by atoms with Gasteiger partial charge < -0.3 is 19.8 Å². The number of carbonyl (C=O) groups excluding carboxylic acids is 1. The molecule has 1 amide bonds. The third kappa shape index (κ3) is 4.78. The predicted octanol–water partition coefficient (Wildman–Crippen LogP) is 4.35. The van der Waals surface area contributed by atoms with Gasteiger partial charge in [0.1, 0.15) is 5.82 Å². The Hall–Kier alpha value is -4.47. The summed E-state index contributed by atoms with van der Waals surface area (Å²) in [5.74, 6) is -0.243. The normalized spacial score (nSPS) is 23.7. The van der Waals surface area contributed by atoms with Gasteiger partial charge in [-0.1, -0.05) is 43.3 Å². The topological polar surface area (TPSA) is 107 Å². The number of likely N-dealkylation sites (tertiary alicyclic amines) is 1. The first-order chi connectivity index (χ1) is 20.6. The minimum atomic E-state index is -1.01. The number of hydrogen-bond donors (Lipinski definition) is 1. The molecule has 0 aliphatic carbocycles. The molecule has 3 saturated heterocycles. The van der Waals surface area contributed by atoms with Crippen molar-refractivity contribution in [2.45, 2.75) is 45.4 Å². The molecular weight excluding hydrogens is 542 g/mol. The van der Waals surface area contributed by atoms with E-state index >= 15 is 0 Å². The fourth-order valence-electron chi connectivity index (χ4n) is 7.28. The molecule has 222 valence electrons. The first-order valence-corrected chi connectivity index (χ1v) is 15.1. The van der Waals surface area contributed by atoms with E-state index in [1.807, 2.05) is 30.2 Å². The fraction of sp³-hybridized carbons (Fsp3) is 0.424. The smallest absolute Gasteiger partial charge is 0.354 e. The van der Waals surface area contributed by atoms with Crippen LogP contribution in [-0.4, -0.2) is 80.7 Å². The van der Waals surface area contributed by atoms with Crippen molar-refractivity contribution in [2.75, 3.05) is 49.1 Å². The Bertz CT molecular complexity index is 1740. The Morgan fingerprint density at radius 2 is 1.63 bits per heavy atom. The maximum absolute atomic E-state index is 13.6. The van der Waals surface area contributed by atoms with Gasteiger partial charge in [0.25, 0.3) is 5.91 Å². The number of carboxylic acid groups (broad SMARTS) is 1. The number of amides is 1. The van der Waals surface area contributed by atoms with Crippen LogP contribution in [0.1, 0.15) is 64.0 Å². The van der Waals surface area contributed by atoms with Crippen LogP contribution in [0.5, 0.6) is 0 Å². The van der Waals surface area contributed by atoms with Gasteiger partial charge in [-0.2, -0.15) is 0 Å². The quantitative estimate of drug-likeness (QED) is 0.372. The SMILES string of the molecule is Cc1ccc(N2CCC3(CCN(C(=O)c4nc5c(C)cc(N6CC[C@](C)(c7ccccc7)C6)cn5n4)C3)C2)nc1C(=O)O. The number of fused-ring (bicyclic) bond motifs is 1.